The van der Waals surface area contributed by atoms with Crippen molar-refractivity contribution in [2.75, 3.05) is 13.2 Å². The number of hydrogen-bond donors (Lipinski definition) is 5. The molecule has 0 unspecified atom stereocenters. The molecule has 0 aromatic rings. The van der Waals surface area contributed by atoms with Crippen LogP contribution >= 0.6 is 0 Å². The van der Waals surface area contributed by atoms with Crippen LogP contribution in [0, 0.1) is 5.92 Å². The molecule has 0 bridgehead atoms. The van der Waals surface area contributed by atoms with Crippen LogP contribution in [0.4, 0.5) is 0 Å². The van der Waals surface area contributed by atoms with Gasteiger partial charge in [-0.15, -0.1) is 0 Å². The van der Waals surface area contributed by atoms with Gasteiger partial charge in [-0.05, 0) is 24.1 Å². The van der Waals surface area contributed by atoms with Crippen LogP contribution in [0.15, 0.2) is 16.9 Å². The maximum absolute atomic E-state index is 11.1. The summed E-state index contributed by atoms with van der Waals surface area (Å²) >= 11 is 0. The number of nitrogens with zero attached hydrogens (tertiary/aromatic N) is 3. The average Bonchev–Trinajstić information content (AvgIpc) is 2.51. The van der Waals surface area contributed by atoms with Crippen molar-refractivity contribution in [3.05, 3.63) is 22.3 Å². The summed E-state index contributed by atoms with van der Waals surface area (Å²) in [4.78, 5) is 13.8. The van der Waals surface area contributed by atoms with Crippen molar-refractivity contribution >= 4 is 5.97 Å². The number of aliphatic hydroxyl groups excluding tert-OH is 3. The van der Waals surface area contributed by atoms with E-state index in [4.69, 9.17) is 20.5 Å². The normalized spacial score (nSPS) is 26.7. The summed E-state index contributed by atoms with van der Waals surface area (Å²) in [7, 11) is 0. The fourth-order valence-corrected chi connectivity index (χ4v) is 2.22. The van der Waals surface area contributed by atoms with E-state index in [-0.39, 0.29) is 5.92 Å². The Hall–Kier alpha value is -1.84. The number of carboxylic acids is 1. The maximum atomic E-state index is 11.1. The third-order valence-corrected chi connectivity index (χ3v) is 3.38. The molecule has 0 aliphatic carbocycles. The quantitative estimate of drug-likeness (QED) is 0.224. The number of rotatable bonds is 8. The van der Waals surface area contributed by atoms with Gasteiger partial charge in [0.1, 0.15) is 18.3 Å². The van der Waals surface area contributed by atoms with E-state index in [0.29, 0.717) is 6.54 Å². The lowest BCUT2D eigenvalue weighted by Crippen LogP contribution is -2.59. The second-order valence-electron chi connectivity index (χ2n) is 5.68. The Morgan fingerprint density at radius 3 is 2.65 bits per heavy atom. The van der Waals surface area contributed by atoms with Crippen LogP contribution in [0.25, 0.3) is 10.4 Å². The molecule has 5 atom stereocenters. The van der Waals surface area contributed by atoms with Crippen molar-refractivity contribution in [3.63, 3.8) is 0 Å². The van der Waals surface area contributed by atoms with E-state index in [1.165, 1.54) is 0 Å². The van der Waals surface area contributed by atoms with Gasteiger partial charge in [0.15, 0.2) is 0 Å². The predicted molar refractivity (Wildman–Crippen MR) is 79.3 cm³/mol. The first kappa shape index (κ1) is 19.2. The molecule has 0 radical (unpaired) electrons. The summed E-state index contributed by atoms with van der Waals surface area (Å²) in [5, 5.41) is 44.4. The smallest absolute Gasteiger partial charge is 0.370 e. The van der Waals surface area contributed by atoms with Gasteiger partial charge in [0.2, 0.25) is 5.76 Å². The second-order valence-corrected chi connectivity index (χ2v) is 5.68. The van der Waals surface area contributed by atoms with E-state index in [2.05, 4.69) is 15.3 Å². The van der Waals surface area contributed by atoms with Crippen LogP contribution in [-0.4, -0.2) is 69.9 Å². The highest BCUT2D eigenvalue weighted by Crippen LogP contribution is 2.25. The number of azide groups is 1. The molecule has 0 saturated carbocycles. The highest BCUT2D eigenvalue weighted by atomic mass is 16.5. The molecule has 0 saturated heterocycles. The molecular weight excluding hydrogens is 308 g/mol. The molecule has 10 nitrogen and oxygen atoms in total. The average molecular weight is 330 g/mol. The fourth-order valence-electron chi connectivity index (χ4n) is 2.22. The summed E-state index contributed by atoms with van der Waals surface area (Å²) in [6, 6.07) is -1.68. The van der Waals surface area contributed by atoms with Gasteiger partial charge in [-0.3, -0.25) is 0 Å². The van der Waals surface area contributed by atoms with Gasteiger partial charge in [-0.2, -0.15) is 0 Å². The Kier molecular flexibility index (Phi) is 7.27. The van der Waals surface area contributed by atoms with Gasteiger partial charge in [0.05, 0.1) is 18.7 Å². The zero-order valence-electron chi connectivity index (χ0n) is 12.9. The van der Waals surface area contributed by atoms with E-state index in [9.17, 15) is 15.0 Å². The molecule has 0 aromatic carbocycles. The minimum atomic E-state index is -1.57. The Bertz CT molecular complexity index is 491. The van der Waals surface area contributed by atoms with Gasteiger partial charge in [0, 0.05) is 4.91 Å². The summed E-state index contributed by atoms with van der Waals surface area (Å²) in [6.45, 7) is 3.63. The van der Waals surface area contributed by atoms with Crippen molar-refractivity contribution < 1.29 is 30.0 Å². The van der Waals surface area contributed by atoms with Crippen molar-refractivity contribution in [1.82, 2.24) is 5.32 Å². The van der Waals surface area contributed by atoms with Gasteiger partial charge in [-0.1, -0.05) is 19.0 Å². The van der Waals surface area contributed by atoms with Crippen LogP contribution in [0.5, 0.6) is 0 Å². The Morgan fingerprint density at radius 1 is 1.52 bits per heavy atom. The van der Waals surface area contributed by atoms with Crippen LogP contribution < -0.4 is 5.32 Å². The number of carbonyl (C=O) groups is 1. The molecule has 0 amide bonds. The van der Waals surface area contributed by atoms with Crippen LogP contribution in [0.3, 0.4) is 0 Å². The lowest BCUT2D eigenvalue weighted by atomic mass is 9.92. The van der Waals surface area contributed by atoms with Crippen LogP contribution in [-0.2, 0) is 9.53 Å². The van der Waals surface area contributed by atoms with E-state index in [1.807, 2.05) is 13.8 Å². The van der Waals surface area contributed by atoms with Gasteiger partial charge < -0.3 is 30.5 Å². The zero-order valence-corrected chi connectivity index (χ0v) is 12.9. The summed E-state index contributed by atoms with van der Waals surface area (Å²) in [5.41, 5.74) is 8.68. The summed E-state index contributed by atoms with van der Waals surface area (Å²) in [6.07, 6.45) is -3.15. The standard InChI is InChI=1S/C13H22N4O6/c1-6(2)4-15-10-7(16-17-14)3-9(13(21)22)23-12(10)11(20)8(19)5-18/h3,6-8,10-12,15,18-20H,4-5H2,1-2H3,(H,21,22)/t7-,8+,10+,11+,12+/m0/s1. The molecule has 5 N–H and O–H groups in total. The van der Waals surface area contributed by atoms with E-state index in [0.717, 1.165) is 6.08 Å². The van der Waals surface area contributed by atoms with Gasteiger partial charge in [0.25, 0.3) is 0 Å². The topological polar surface area (TPSA) is 168 Å². The third-order valence-electron chi connectivity index (χ3n) is 3.38. The lowest BCUT2D eigenvalue weighted by molar-refractivity contribution is -0.145. The van der Waals surface area contributed by atoms with Crippen LogP contribution in [0.1, 0.15) is 13.8 Å². The minimum Gasteiger partial charge on any atom is -0.479 e. The first-order valence-corrected chi connectivity index (χ1v) is 7.18. The third kappa shape index (κ3) is 5.08. The highest BCUT2D eigenvalue weighted by molar-refractivity contribution is 5.84. The predicted octanol–water partition coefficient (Wildman–Crippen LogP) is -0.639. The summed E-state index contributed by atoms with van der Waals surface area (Å²) in [5.74, 6) is -1.65. The number of aliphatic carboxylic acids is 1. The van der Waals surface area contributed by atoms with E-state index < -0.39 is 48.7 Å². The molecule has 130 valence electrons. The zero-order chi connectivity index (χ0) is 17.6. The van der Waals surface area contributed by atoms with Crippen LogP contribution in [0.2, 0.25) is 0 Å². The Labute approximate surface area is 133 Å². The maximum Gasteiger partial charge on any atom is 0.370 e. The minimum absolute atomic E-state index is 0.229. The molecule has 1 rings (SSSR count). The molecule has 0 fully saturated rings. The molecule has 0 spiro atoms. The number of nitrogens with one attached hydrogen (secondary N) is 1. The lowest BCUT2D eigenvalue weighted by Gasteiger charge is -2.39. The number of carboxylic acid groups (broad SMARTS) is 1. The highest BCUT2D eigenvalue weighted by Gasteiger charge is 2.42. The molecular formula is C13H22N4O6. The first-order chi connectivity index (χ1) is 10.8. The van der Waals surface area contributed by atoms with Gasteiger partial charge in [-0.25, -0.2) is 4.79 Å². The molecule has 23 heavy (non-hydrogen) atoms. The molecule has 1 aliphatic rings. The summed E-state index contributed by atoms with van der Waals surface area (Å²) < 4.78 is 5.25. The molecule has 1 heterocycles. The van der Waals surface area contributed by atoms with E-state index >= 15 is 0 Å². The molecule has 10 heteroatoms. The largest absolute Gasteiger partial charge is 0.479 e. The second kappa shape index (κ2) is 8.70. The number of hydrogen-bond acceptors (Lipinski definition) is 7. The van der Waals surface area contributed by atoms with Crippen molar-refractivity contribution in [3.8, 4) is 0 Å². The Morgan fingerprint density at radius 2 is 2.17 bits per heavy atom. The SMILES string of the molecule is CC(C)CN[C@H]1[C@H]([C@H](O)[C@H](O)CO)OC(C(=O)O)=C[C@@H]1N=[N+]=[N-]. The van der Waals surface area contributed by atoms with Crippen molar-refractivity contribution in [1.29, 1.82) is 0 Å². The van der Waals surface area contributed by atoms with E-state index in [1.54, 1.807) is 0 Å². The number of aliphatic hydroxyl groups is 3. The first-order valence-electron chi connectivity index (χ1n) is 7.18. The molecule has 0 aromatic heterocycles. The van der Waals surface area contributed by atoms with Crippen molar-refractivity contribution in [2.45, 2.75) is 44.2 Å². The van der Waals surface area contributed by atoms with Crippen molar-refractivity contribution in [2.24, 2.45) is 11.0 Å². The molecule has 1 aliphatic heterocycles. The van der Waals surface area contributed by atoms with Gasteiger partial charge >= 0.3 is 5.97 Å². The Balaban J connectivity index is 3.16. The fraction of sp³-hybridized carbons (Fsp3) is 0.769. The number of ether oxygens (including phenoxy) is 1. The monoisotopic (exact) mass is 330 g/mol.